The third-order valence-electron chi connectivity index (χ3n) is 1.37. The normalized spacial score (nSPS) is 12.2. The van der Waals surface area contributed by atoms with Crippen LogP contribution in [0.4, 0.5) is 0 Å². The van der Waals surface area contributed by atoms with Crippen molar-refractivity contribution in [1.29, 1.82) is 0 Å². The predicted molar refractivity (Wildman–Crippen MR) is 58.4 cm³/mol. The Kier molecular flexibility index (Phi) is 4.45. The largest absolute Gasteiger partial charge is 0.446 e. The number of carbonyl (C=O) groups excluding carboxylic acids is 1. The fraction of sp³-hybridized carbons (Fsp3) is 0.222. The molecule has 1 aromatic carbocycles. The molecule has 0 aliphatic rings. The van der Waals surface area contributed by atoms with Gasteiger partial charge in [-0.25, -0.2) is 4.79 Å². The van der Waals surface area contributed by atoms with E-state index >= 15 is 0 Å². The van der Waals surface area contributed by atoms with E-state index in [2.05, 4.69) is 31.9 Å². The molecule has 1 aromatic rings. The third-order valence-corrected chi connectivity index (χ3v) is 3.33. The number of carbonyl (C=O) groups is 1. The van der Waals surface area contributed by atoms with E-state index < -0.39 is 0 Å². The molecule has 0 fully saturated rings. The molecule has 0 saturated carbocycles. The van der Waals surface area contributed by atoms with E-state index in [1.54, 1.807) is 24.3 Å². The maximum atomic E-state index is 11.3. The highest BCUT2D eigenvalue weighted by atomic mass is 79.9. The van der Waals surface area contributed by atoms with Crippen LogP contribution in [-0.4, -0.2) is 16.3 Å². The van der Waals surface area contributed by atoms with Crippen LogP contribution in [0.2, 0.25) is 0 Å². The summed E-state index contributed by atoms with van der Waals surface area (Å²) in [4.78, 5) is 11.3. The summed E-state index contributed by atoms with van der Waals surface area (Å²) >= 11 is 6.38. The molecule has 0 bridgehead atoms. The van der Waals surface area contributed by atoms with Crippen LogP contribution in [0, 0.1) is 0 Å². The summed E-state index contributed by atoms with van der Waals surface area (Å²) in [7, 11) is 0. The lowest BCUT2D eigenvalue weighted by atomic mass is 10.2. The summed E-state index contributed by atoms with van der Waals surface area (Å²) in [5.74, 6) is -0.318. The standard InChI is InChI=1S/C9H8Br2O2/c10-6-8(11)13-9(12)7-4-2-1-3-5-7/h1-5,8H,6H2. The molecule has 4 heteroatoms. The smallest absolute Gasteiger partial charge is 0.339 e. The minimum atomic E-state index is -0.318. The van der Waals surface area contributed by atoms with Gasteiger partial charge in [0.05, 0.1) is 10.9 Å². The van der Waals surface area contributed by atoms with Crippen molar-refractivity contribution in [2.24, 2.45) is 0 Å². The Morgan fingerprint density at radius 3 is 2.54 bits per heavy atom. The topological polar surface area (TPSA) is 26.3 Å². The summed E-state index contributed by atoms with van der Waals surface area (Å²) in [6.45, 7) is 0. The van der Waals surface area contributed by atoms with Gasteiger partial charge in [0.2, 0.25) is 0 Å². The zero-order chi connectivity index (χ0) is 9.68. The Morgan fingerprint density at radius 1 is 1.38 bits per heavy atom. The fourth-order valence-corrected chi connectivity index (χ4v) is 1.09. The molecule has 70 valence electrons. The zero-order valence-corrected chi connectivity index (χ0v) is 9.92. The molecule has 1 rings (SSSR count). The van der Waals surface area contributed by atoms with Crippen LogP contribution >= 0.6 is 31.9 Å². The van der Waals surface area contributed by atoms with Crippen molar-refractivity contribution in [3.8, 4) is 0 Å². The summed E-state index contributed by atoms with van der Waals surface area (Å²) in [6.07, 6.45) is 0. The van der Waals surface area contributed by atoms with Gasteiger partial charge in [0, 0.05) is 0 Å². The zero-order valence-electron chi connectivity index (χ0n) is 6.74. The molecule has 0 aromatic heterocycles. The number of rotatable bonds is 3. The van der Waals surface area contributed by atoms with E-state index in [4.69, 9.17) is 4.74 Å². The van der Waals surface area contributed by atoms with E-state index in [0.717, 1.165) is 0 Å². The number of ether oxygens (including phenoxy) is 1. The van der Waals surface area contributed by atoms with Crippen molar-refractivity contribution in [3.63, 3.8) is 0 Å². The first-order valence-corrected chi connectivity index (χ1v) is 5.74. The molecule has 1 atom stereocenters. The maximum Gasteiger partial charge on any atom is 0.339 e. The lowest BCUT2D eigenvalue weighted by molar-refractivity contribution is 0.0497. The second-order valence-electron chi connectivity index (χ2n) is 2.34. The van der Waals surface area contributed by atoms with Crippen molar-refractivity contribution >= 4 is 37.8 Å². The molecule has 0 aliphatic carbocycles. The second-order valence-corrected chi connectivity index (χ2v) is 4.00. The molecule has 0 aliphatic heterocycles. The van der Waals surface area contributed by atoms with Crippen molar-refractivity contribution in [2.75, 3.05) is 5.33 Å². The third kappa shape index (κ3) is 3.48. The van der Waals surface area contributed by atoms with E-state index in [0.29, 0.717) is 10.9 Å². The maximum absolute atomic E-state index is 11.3. The van der Waals surface area contributed by atoms with Gasteiger partial charge in [0.15, 0.2) is 5.01 Å². The molecule has 0 heterocycles. The minimum Gasteiger partial charge on any atom is -0.446 e. The van der Waals surface area contributed by atoms with Crippen molar-refractivity contribution in [1.82, 2.24) is 0 Å². The van der Waals surface area contributed by atoms with Crippen molar-refractivity contribution in [2.45, 2.75) is 5.01 Å². The molecule has 13 heavy (non-hydrogen) atoms. The Hall–Kier alpha value is -0.350. The summed E-state index contributed by atoms with van der Waals surface area (Å²) in [5, 5.41) is 0.297. The van der Waals surface area contributed by atoms with E-state index in [1.165, 1.54) is 0 Å². The van der Waals surface area contributed by atoms with Gasteiger partial charge in [0.25, 0.3) is 0 Å². The number of halogens is 2. The van der Waals surface area contributed by atoms with E-state index in [9.17, 15) is 4.79 Å². The minimum absolute atomic E-state index is 0.278. The fourth-order valence-electron chi connectivity index (χ4n) is 0.790. The van der Waals surface area contributed by atoms with Gasteiger partial charge in [-0.3, -0.25) is 0 Å². The lowest BCUT2D eigenvalue weighted by Gasteiger charge is -2.07. The molecular formula is C9H8Br2O2. The van der Waals surface area contributed by atoms with Crippen LogP contribution in [0.3, 0.4) is 0 Å². The van der Waals surface area contributed by atoms with Crippen LogP contribution in [0.5, 0.6) is 0 Å². The van der Waals surface area contributed by atoms with E-state index in [-0.39, 0.29) is 11.0 Å². The van der Waals surface area contributed by atoms with Gasteiger partial charge in [0.1, 0.15) is 0 Å². The van der Waals surface area contributed by atoms with Crippen LogP contribution < -0.4 is 0 Å². The first kappa shape index (κ1) is 10.7. The molecular weight excluding hydrogens is 300 g/mol. The van der Waals surface area contributed by atoms with Crippen LogP contribution in [0.25, 0.3) is 0 Å². The quantitative estimate of drug-likeness (QED) is 0.634. The first-order chi connectivity index (χ1) is 6.24. The highest BCUT2D eigenvalue weighted by Gasteiger charge is 2.10. The Morgan fingerprint density at radius 2 is 2.00 bits per heavy atom. The molecule has 0 N–H and O–H groups in total. The van der Waals surface area contributed by atoms with Crippen LogP contribution in [0.1, 0.15) is 10.4 Å². The summed E-state index contributed by atoms with van der Waals surface area (Å²) in [5.41, 5.74) is 0.563. The van der Waals surface area contributed by atoms with Gasteiger partial charge >= 0.3 is 5.97 Å². The molecule has 2 nitrogen and oxygen atoms in total. The van der Waals surface area contributed by atoms with Gasteiger partial charge < -0.3 is 4.74 Å². The average molecular weight is 308 g/mol. The number of hydrogen-bond donors (Lipinski definition) is 0. The van der Waals surface area contributed by atoms with Gasteiger partial charge in [-0.15, -0.1) is 0 Å². The summed E-state index contributed by atoms with van der Waals surface area (Å²) < 4.78 is 5.02. The Labute approximate surface area is 93.5 Å². The summed E-state index contributed by atoms with van der Waals surface area (Å²) in [6, 6.07) is 8.89. The Balaban J connectivity index is 2.59. The number of alkyl halides is 2. The molecule has 0 amide bonds. The van der Waals surface area contributed by atoms with Gasteiger partial charge in [-0.2, -0.15) is 0 Å². The van der Waals surface area contributed by atoms with Crippen LogP contribution in [0.15, 0.2) is 30.3 Å². The second kappa shape index (κ2) is 5.40. The van der Waals surface area contributed by atoms with E-state index in [1.807, 2.05) is 6.07 Å². The predicted octanol–water partition coefficient (Wildman–Crippen LogP) is 2.96. The highest BCUT2D eigenvalue weighted by molar-refractivity contribution is 9.12. The molecule has 0 spiro atoms. The monoisotopic (exact) mass is 306 g/mol. The Bertz CT molecular complexity index is 274. The molecule has 0 radical (unpaired) electrons. The van der Waals surface area contributed by atoms with Crippen molar-refractivity contribution < 1.29 is 9.53 Å². The van der Waals surface area contributed by atoms with Gasteiger partial charge in [-0.05, 0) is 28.1 Å². The first-order valence-electron chi connectivity index (χ1n) is 3.70. The SMILES string of the molecule is O=C(OC(Br)CBr)c1ccccc1. The average Bonchev–Trinajstić information content (AvgIpc) is 2.19. The highest BCUT2D eigenvalue weighted by Crippen LogP contribution is 2.09. The van der Waals surface area contributed by atoms with Gasteiger partial charge in [-0.1, -0.05) is 34.1 Å². The number of esters is 1. The van der Waals surface area contributed by atoms with Crippen LogP contribution in [-0.2, 0) is 4.74 Å². The lowest BCUT2D eigenvalue weighted by Crippen LogP contribution is -2.13. The number of hydrogen-bond acceptors (Lipinski definition) is 2. The molecule has 1 unspecified atom stereocenters. The molecule has 0 saturated heterocycles. The number of benzene rings is 1. The van der Waals surface area contributed by atoms with Crippen molar-refractivity contribution in [3.05, 3.63) is 35.9 Å².